The lowest BCUT2D eigenvalue weighted by Crippen LogP contribution is -2.40. The zero-order valence-electron chi connectivity index (χ0n) is 18.8. The molecule has 1 aliphatic rings. The van der Waals surface area contributed by atoms with Crippen molar-refractivity contribution in [3.8, 4) is 11.4 Å². The first-order valence-electron chi connectivity index (χ1n) is 11.4. The molecule has 1 aliphatic heterocycles. The van der Waals surface area contributed by atoms with Gasteiger partial charge in [0, 0.05) is 27.9 Å². The Morgan fingerprint density at radius 3 is 2.70 bits per heavy atom. The molecular formula is C25H29ClN4O2S. The number of nitrogens with one attached hydrogen (secondary N) is 1. The fourth-order valence-electron chi connectivity index (χ4n) is 3.95. The summed E-state index contributed by atoms with van der Waals surface area (Å²) in [6, 6.07) is 15.9. The van der Waals surface area contributed by atoms with E-state index in [0.29, 0.717) is 24.8 Å². The first-order chi connectivity index (χ1) is 16.1. The smallest absolute Gasteiger partial charge is 0.241 e. The summed E-state index contributed by atoms with van der Waals surface area (Å²) in [6.45, 7) is 5.08. The van der Waals surface area contributed by atoms with Gasteiger partial charge in [-0.15, -0.1) is 11.8 Å². The predicted octanol–water partition coefficient (Wildman–Crippen LogP) is 5.21. The van der Waals surface area contributed by atoms with Gasteiger partial charge >= 0.3 is 0 Å². The topological polar surface area (TPSA) is 71.3 Å². The first kappa shape index (κ1) is 23.8. The summed E-state index contributed by atoms with van der Waals surface area (Å²) in [5.74, 6) is 2.47. The van der Waals surface area contributed by atoms with Crippen LogP contribution in [0.2, 0.25) is 5.02 Å². The molecular weight excluding hydrogens is 456 g/mol. The molecule has 1 aromatic heterocycles. The van der Waals surface area contributed by atoms with Crippen LogP contribution in [0.1, 0.15) is 30.7 Å². The molecule has 4 rings (SSSR count). The highest BCUT2D eigenvalue weighted by Gasteiger charge is 2.25. The van der Waals surface area contributed by atoms with E-state index in [1.807, 2.05) is 55.5 Å². The molecule has 0 spiro atoms. The van der Waals surface area contributed by atoms with Crippen LogP contribution in [0.4, 0.5) is 0 Å². The molecule has 6 nitrogen and oxygen atoms in total. The van der Waals surface area contributed by atoms with Crippen molar-refractivity contribution in [3.63, 3.8) is 0 Å². The van der Waals surface area contributed by atoms with Crippen molar-refractivity contribution in [2.24, 2.45) is 5.92 Å². The van der Waals surface area contributed by atoms with Crippen molar-refractivity contribution in [2.75, 3.05) is 25.4 Å². The maximum absolute atomic E-state index is 12.5. The number of carbonyl (C=O) groups is 1. The Kier molecular flexibility index (Phi) is 8.42. The minimum atomic E-state index is 0.0791. The monoisotopic (exact) mass is 484 g/mol. The summed E-state index contributed by atoms with van der Waals surface area (Å²) in [5, 5.41) is 8.00. The van der Waals surface area contributed by atoms with Gasteiger partial charge in [-0.05, 0) is 74.9 Å². The van der Waals surface area contributed by atoms with Crippen LogP contribution in [0.3, 0.4) is 0 Å². The van der Waals surface area contributed by atoms with Gasteiger partial charge in [-0.1, -0.05) is 41.0 Å². The molecule has 1 saturated heterocycles. The van der Waals surface area contributed by atoms with Gasteiger partial charge in [0.05, 0.1) is 6.54 Å². The molecule has 0 bridgehead atoms. The molecule has 0 saturated carbocycles. The normalized spacial score (nSPS) is 15.0. The van der Waals surface area contributed by atoms with E-state index >= 15 is 0 Å². The number of carbonyl (C=O) groups excluding carboxylic acids is 1. The summed E-state index contributed by atoms with van der Waals surface area (Å²) >= 11 is 7.69. The van der Waals surface area contributed by atoms with Crippen molar-refractivity contribution in [3.05, 3.63) is 65.0 Å². The maximum Gasteiger partial charge on any atom is 0.241 e. The SMILES string of the molecule is Cc1ccccc1-c1noc(CN2CCC(C(=O)NCCCSc3ccc(Cl)cc3)CC2)n1. The van der Waals surface area contributed by atoms with E-state index in [0.717, 1.165) is 54.3 Å². The standard InChI is InChI=1S/C25H29ClN4O2S/c1-18-5-2-3-6-22(18)24-28-23(32-29-24)17-30-14-11-19(12-15-30)25(31)27-13-4-16-33-21-9-7-20(26)8-10-21/h2-3,5-10,19H,4,11-17H2,1H3,(H,27,31). The van der Waals surface area contributed by atoms with Crippen LogP contribution in [-0.2, 0) is 11.3 Å². The van der Waals surface area contributed by atoms with Crippen molar-refractivity contribution in [1.29, 1.82) is 0 Å². The Balaban J connectivity index is 1.14. The predicted molar refractivity (Wildman–Crippen MR) is 132 cm³/mol. The number of rotatable bonds is 9. The highest BCUT2D eigenvalue weighted by atomic mass is 35.5. The van der Waals surface area contributed by atoms with Gasteiger partial charge in [0.15, 0.2) is 0 Å². The lowest BCUT2D eigenvalue weighted by atomic mass is 9.96. The fraction of sp³-hybridized carbons (Fsp3) is 0.400. The Morgan fingerprint density at radius 1 is 1.18 bits per heavy atom. The summed E-state index contributed by atoms with van der Waals surface area (Å²) in [5.41, 5.74) is 2.12. The third kappa shape index (κ3) is 6.82. The highest BCUT2D eigenvalue weighted by Crippen LogP contribution is 2.23. The Bertz CT molecular complexity index is 1050. The number of nitrogens with zero attached hydrogens (tertiary/aromatic N) is 3. The summed E-state index contributed by atoms with van der Waals surface area (Å²) in [7, 11) is 0. The van der Waals surface area contributed by atoms with Crippen LogP contribution in [0, 0.1) is 12.8 Å². The van der Waals surface area contributed by atoms with Gasteiger partial charge in [-0.3, -0.25) is 9.69 Å². The van der Waals surface area contributed by atoms with E-state index in [4.69, 9.17) is 16.1 Å². The second-order valence-corrected chi connectivity index (χ2v) is 9.93. The highest BCUT2D eigenvalue weighted by molar-refractivity contribution is 7.99. The third-order valence-corrected chi connectivity index (χ3v) is 7.22. The van der Waals surface area contributed by atoms with Crippen LogP contribution in [0.5, 0.6) is 0 Å². The zero-order valence-corrected chi connectivity index (χ0v) is 20.4. The second kappa shape index (κ2) is 11.7. The molecule has 1 fully saturated rings. The summed E-state index contributed by atoms with van der Waals surface area (Å²) in [6.07, 6.45) is 2.65. The zero-order chi connectivity index (χ0) is 23.0. The molecule has 1 N–H and O–H groups in total. The van der Waals surface area contributed by atoms with Gasteiger partial charge in [-0.25, -0.2) is 0 Å². The quantitative estimate of drug-likeness (QED) is 0.332. The molecule has 33 heavy (non-hydrogen) atoms. The molecule has 1 amide bonds. The molecule has 2 aromatic carbocycles. The van der Waals surface area contributed by atoms with Crippen LogP contribution < -0.4 is 5.32 Å². The number of benzene rings is 2. The number of likely N-dealkylation sites (tertiary alicyclic amines) is 1. The largest absolute Gasteiger partial charge is 0.356 e. The van der Waals surface area contributed by atoms with E-state index in [9.17, 15) is 4.79 Å². The van der Waals surface area contributed by atoms with Crippen molar-refractivity contribution in [1.82, 2.24) is 20.4 Å². The van der Waals surface area contributed by atoms with Gasteiger partial charge in [-0.2, -0.15) is 4.98 Å². The first-order valence-corrected chi connectivity index (χ1v) is 12.7. The average molecular weight is 485 g/mol. The molecule has 3 aromatic rings. The third-order valence-electron chi connectivity index (χ3n) is 5.87. The van der Waals surface area contributed by atoms with Crippen molar-refractivity contribution in [2.45, 2.75) is 37.6 Å². The average Bonchev–Trinajstić information content (AvgIpc) is 3.29. The number of aromatic nitrogens is 2. The van der Waals surface area contributed by atoms with Crippen molar-refractivity contribution < 1.29 is 9.32 Å². The molecule has 0 radical (unpaired) electrons. The molecule has 0 atom stereocenters. The van der Waals surface area contributed by atoms with Crippen LogP contribution in [-0.4, -0.2) is 46.3 Å². The number of thioether (sulfide) groups is 1. The lowest BCUT2D eigenvalue weighted by molar-refractivity contribution is -0.126. The van der Waals surface area contributed by atoms with E-state index in [1.54, 1.807) is 11.8 Å². The van der Waals surface area contributed by atoms with Gasteiger partial charge in [0.1, 0.15) is 0 Å². The lowest BCUT2D eigenvalue weighted by Gasteiger charge is -2.30. The van der Waals surface area contributed by atoms with E-state index in [-0.39, 0.29) is 11.8 Å². The minimum Gasteiger partial charge on any atom is -0.356 e. The second-order valence-electron chi connectivity index (χ2n) is 8.32. The maximum atomic E-state index is 12.5. The number of halogens is 1. The molecule has 0 unspecified atom stereocenters. The Morgan fingerprint density at radius 2 is 1.94 bits per heavy atom. The van der Waals surface area contributed by atoms with Gasteiger partial charge in [0.25, 0.3) is 0 Å². The van der Waals surface area contributed by atoms with E-state index in [1.165, 1.54) is 4.90 Å². The fourth-order valence-corrected chi connectivity index (χ4v) is 4.92. The minimum absolute atomic E-state index is 0.0791. The molecule has 0 aliphatic carbocycles. The summed E-state index contributed by atoms with van der Waals surface area (Å²) in [4.78, 5) is 20.6. The van der Waals surface area contributed by atoms with Gasteiger partial charge < -0.3 is 9.84 Å². The number of hydrogen-bond acceptors (Lipinski definition) is 6. The molecule has 2 heterocycles. The van der Waals surface area contributed by atoms with Crippen LogP contribution in [0.25, 0.3) is 11.4 Å². The molecule has 8 heteroatoms. The number of piperidine rings is 1. The Labute approximate surface area is 204 Å². The number of hydrogen-bond donors (Lipinski definition) is 1. The van der Waals surface area contributed by atoms with Crippen LogP contribution in [0.15, 0.2) is 57.9 Å². The van der Waals surface area contributed by atoms with Crippen LogP contribution >= 0.6 is 23.4 Å². The molecule has 174 valence electrons. The van der Waals surface area contributed by atoms with E-state index in [2.05, 4.69) is 20.4 Å². The van der Waals surface area contributed by atoms with Crippen molar-refractivity contribution >= 4 is 29.3 Å². The van der Waals surface area contributed by atoms with E-state index < -0.39 is 0 Å². The number of aryl methyl sites for hydroxylation is 1. The Hall–Kier alpha value is -2.35. The van der Waals surface area contributed by atoms with Gasteiger partial charge in [0.2, 0.25) is 17.6 Å². The summed E-state index contributed by atoms with van der Waals surface area (Å²) < 4.78 is 5.47. The number of amides is 1.